The predicted molar refractivity (Wildman–Crippen MR) is 95.4 cm³/mol. The SMILES string of the molecule is Cc1cnc(CNC(=O)Cc2c(C)nn(-c3ccccc3)c2C)cn1. The number of hydrogen-bond donors (Lipinski definition) is 1. The number of carbonyl (C=O) groups is 1. The van der Waals surface area contributed by atoms with Gasteiger partial charge in [-0.05, 0) is 32.9 Å². The molecule has 0 fully saturated rings. The minimum absolute atomic E-state index is 0.0545. The first-order valence-electron chi connectivity index (χ1n) is 8.19. The van der Waals surface area contributed by atoms with E-state index in [-0.39, 0.29) is 5.91 Å². The summed E-state index contributed by atoms with van der Waals surface area (Å²) in [6, 6.07) is 9.91. The van der Waals surface area contributed by atoms with Crippen molar-refractivity contribution in [2.45, 2.75) is 33.7 Å². The van der Waals surface area contributed by atoms with Crippen LogP contribution in [0.2, 0.25) is 0 Å². The van der Waals surface area contributed by atoms with Crippen molar-refractivity contribution in [2.24, 2.45) is 0 Å². The third-order valence-corrected chi connectivity index (χ3v) is 4.08. The standard InChI is InChI=1S/C19H21N5O/c1-13-10-21-16(11-20-13)12-22-19(25)9-18-14(2)23-24(15(18)3)17-7-5-4-6-8-17/h4-8,10-11H,9,12H2,1-3H3,(H,22,25). The van der Waals surface area contributed by atoms with Crippen LogP contribution in [-0.4, -0.2) is 25.7 Å². The van der Waals surface area contributed by atoms with Crippen molar-refractivity contribution in [3.63, 3.8) is 0 Å². The molecule has 0 radical (unpaired) electrons. The molecule has 0 saturated heterocycles. The van der Waals surface area contributed by atoms with Crippen LogP contribution in [0.4, 0.5) is 0 Å². The van der Waals surface area contributed by atoms with Crippen LogP contribution in [0.1, 0.15) is 28.3 Å². The number of nitrogens with one attached hydrogen (secondary N) is 1. The molecule has 1 aromatic carbocycles. The third kappa shape index (κ3) is 3.91. The number of aromatic nitrogens is 4. The molecule has 0 aliphatic carbocycles. The van der Waals surface area contributed by atoms with Crippen LogP contribution in [0.3, 0.4) is 0 Å². The fraction of sp³-hybridized carbons (Fsp3) is 0.263. The van der Waals surface area contributed by atoms with E-state index in [1.807, 2.05) is 55.8 Å². The van der Waals surface area contributed by atoms with E-state index in [1.165, 1.54) is 0 Å². The van der Waals surface area contributed by atoms with Gasteiger partial charge in [-0.15, -0.1) is 0 Å². The first-order valence-corrected chi connectivity index (χ1v) is 8.19. The van der Waals surface area contributed by atoms with Crippen LogP contribution < -0.4 is 5.32 Å². The molecule has 0 aliphatic heterocycles. The molecule has 0 bridgehead atoms. The highest BCUT2D eigenvalue weighted by Crippen LogP contribution is 2.18. The van der Waals surface area contributed by atoms with Gasteiger partial charge in [-0.1, -0.05) is 18.2 Å². The van der Waals surface area contributed by atoms with Crippen molar-refractivity contribution >= 4 is 5.91 Å². The van der Waals surface area contributed by atoms with Gasteiger partial charge >= 0.3 is 0 Å². The summed E-state index contributed by atoms with van der Waals surface area (Å²) in [7, 11) is 0. The number of hydrogen-bond acceptors (Lipinski definition) is 4. The number of benzene rings is 1. The Kier molecular flexibility index (Phi) is 4.88. The summed E-state index contributed by atoms with van der Waals surface area (Å²) in [6.45, 7) is 6.17. The highest BCUT2D eigenvalue weighted by atomic mass is 16.1. The van der Waals surface area contributed by atoms with Gasteiger partial charge in [-0.2, -0.15) is 5.10 Å². The average Bonchev–Trinajstić information content (AvgIpc) is 2.90. The molecular formula is C19H21N5O. The first-order chi connectivity index (χ1) is 12.0. The van der Waals surface area contributed by atoms with Crippen LogP contribution >= 0.6 is 0 Å². The molecule has 1 amide bonds. The zero-order chi connectivity index (χ0) is 17.8. The third-order valence-electron chi connectivity index (χ3n) is 4.08. The number of para-hydroxylation sites is 1. The molecule has 0 spiro atoms. The number of amides is 1. The normalized spacial score (nSPS) is 10.7. The fourth-order valence-corrected chi connectivity index (χ4v) is 2.67. The number of nitrogens with zero attached hydrogens (tertiary/aromatic N) is 4. The lowest BCUT2D eigenvalue weighted by molar-refractivity contribution is -0.120. The van der Waals surface area contributed by atoms with Crippen LogP contribution in [0, 0.1) is 20.8 Å². The largest absolute Gasteiger partial charge is 0.350 e. The molecule has 6 nitrogen and oxygen atoms in total. The summed E-state index contributed by atoms with van der Waals surface area (Å²) in [5, 5.41) is 7.47. The smallest absolute Gasteiger partial charge is 0.224 e. The topological polar surface area (TPSA) is 72.7 Å². The van der Waals surface area contributed by atoms with Crippen molar-refractivity contribution in [2.75, 3.05) is 0 Å². The molecule has 2 heterocycles. The molecule has 128 valence electrons. The summed E-state index contributed by atoms with van der Waals surface area (Å²) >= 11 is 0. The van der Waals surface area contributed by atoms with E-state index < -0.39 is 0 Å². The van der Waals surface area contributed by atoms with E-state index in [9.17, 15) is 4.79 Å². The van der Waals surface area contributed by atoms with E-state index in [1.54, 1.807) is 12.4 Å². The number of rotatable bonds is 5. The van der Waals surface area contributed by atoms with Crippen LogP contribution in [-0.2, 0) is 17.8 Å². The van der Waals surface area contributed by atoms with E-state index in [2.05, 4.69) is 20.4 Å². The van der Waals surface area contributed by atoms with E-state index in [0.717, 1.165) is 34.0 Å². The Hall–Kier alpha value is -3.02. The maximum Gasteiger partial charge on any atom is 0.224 e. The molecule has 25 heavy (non-hydrogen) atoms. The highest BCUT2D eigenvalue weighted by molar-refractivity contribution is 5.79. The van der Waals surface area contributed by atoms with E-state index in [0.29, 0.717) is 13.0 Å². The summed E-state index contributed by atoms with van der Waals surface area (Å²) in [5.41, 5.74) is 5.39. The van der Waals surface area contributed by atoms with Gasteiger partial charge in [0.15, 0.2) is 0 Å². The second kappa shape index (κ2) is 7.25. The Morgan fingerprint density at radius 2 is 1.84 bits per heavy atom. The van der Waals surface area contributed by atoms with Crippen molar-refractivity contribution in [3.05, 3.63) is 71.1 Å². The lowest BCUT2D eigenvalue weighted by atomic mass is 10.1. The molecule has 3 aromatic rings. The Labute approximate surface area is 146 Å². The second-order valence-electron chi connectivity index (χ2n) is 6.00. The zero-order valence-electron chi connectivity index (χ0n) is 14.7. The highest BCUT2D eigenvalue weighted by Gasteiger charge is 2.15. The molecule has 6 heteroatoms. The van der Waals surface area contributed by atoms with Gasteiger partial charge in [-0.3, -0.25) is 14.8 Å². The van der Waals surface area contributed by atoms with Gasteiger partial charge in [0.1, 0.15) is 0 Å². The first kappa shape index (κ1) is 16.8. The van der Waals surface area contributed by atoms with Gasteiger partial charge in [-0.25, -0.2) is 4.68 Å². The minimum Gasteiger partial charge on any atom is -0.350 e. The summed E-state index contributed by atoms with van der Waals surface area (Å²) in [4.78, 5) is 20.7. The lowest BCUT2D eigenvalue weighted by Crippen LogP contribution is -2.25. The Morgan fingerprint density at radius 1 is 1.08 bits per heavy atom. The van der Waals surface area contributed by atoms with Gasteiger partial charge in [0.05, 0.1) is 41.9 Å². The van der Waals surface area contributed by atoms with E-state index >= 15 is 0 Å². The second-order valence-corrected chi connectivity index (χ2v) is 6.00. The summed E-state index contributed by atoms with van der Waals surface area (Å²) < 4.78 is 1.88. The van der Waals surface area contributed by atoms with Crippen LogP contribution in [0.5, 0.6) is 0 Å². The molecule has 2 aromatic heterocycles. The molecular weight excluding hydrogens is 314 g/mol. The number of carbonyl (C=O) groups excluding carboxylic acids is 1. The molecule has 3 rings (SSSR count). The average molecular weight is 335 g/mol. The maximum atomic E-state index is 12.3. The zero-order valence-corrected chi connectivity index (χ0v) is 14.7. The maximum absolute atomic E-state index is 12.3. The van der Waals surface area contributed by atoms with Crippen LogP contribution in [0.25, 0.3) is 5.69 Å². The van der Waals surface area contributed by atoms with Gasteiger partial charge in [0.25, 0.3) is 0 Å². The van der Waals surface area contributed by atoms with E-state index in [4.69, 9.17) is 0 Å². The quantitative estimate of drug-likeness (QED) is 0.777. The Morgan fingerprint density at radius 3 is 2.52 bits per heavy atom. The minimum atomic E-state index is -0.0545. The monoisotopic (exact) mass is 335 g/mol. The van der Waals surface area contributed by atoms with Gasteiger partial charge in [0, 0.05) is 17.5 Å². The van der Waals surface area contributed by atoms with Crippen molar-refractivity contribution in [1.82, 2.24) is 25.1 Å². The summed E-state index contributed by atoms with van der Waals surface area (Å²) in [5.74, 6) is -0.0545. The van der Waals surface area contributed by atoms with Crippen molar-refractivity contribution < 1.29 is 4.79 Å². The van der Waals surface area contributed by atoms with Gasteiger partial charge < -0.3 is 5.32 Å². The predicted octanol–water partition coefficient (Wildman–Crippen LogP) is 2.45. The number of aryl methyl sites for hydroxylation is 2. The fourth-order valence-electron chi connectivity index (χ4n) is 2.67. The summed E-state index contributed by atoms with van der Waals surface area (Å²) in [6.07, 6.45) is 3.67. The van der Waals surface area contributed by atoms with Crippen LogP contribution in [0.15, 0.2) is 42.7 Å². The van der Waals surface area contributed by atoms with Crippen molar-refractivity contribution in [1.29, 1.82) is 0 Å². The Balaban J connectivity index is 1.69. The molecule has 0 aliphatic rings. The van der Waals surface area contributed by atoms with Crippen molar-refractivity contribution in [3.8, 4) is 5.69 Å². The molecule has 0 atom stereocenters. The molecule has 0 unspecified atom stereocenters. The lowest BCUT2D eigenvalue weighted by Gasteiger charge is -2.07. The Bertz CT molecular complexity index is 869. The molecule has 1 N–H and O–H groups in total. The van der Waals surface area contributed by atoms with Gasteiger partial charge in [0.2, 0.25) is 5.91 Å². The molecule has 0 saturated carbocycles.